The molecule has 5 saturated heterocycles. The molecule has 17 nitrogen and oxygen atoms in total. The fraction of sp³-hybridized carbons (Fsp3) is 0.683. The van der Waals surface area contributed by atoms with Crippen LogP contribution in [0.4, 0.5) is 5.69 Å². The highest BCUT2D eigenvalue weighted by Gasteiger charge is 2.58. The number of amides is 2. The molecule has 0 unspecified atom stereocenters. The molecule has 9 aliphatic rings. The van der Waals surface area contributed by atoms with E-state index < -0.39 is 34.9 Å². The number of esters is 1. The maximum Gasteiger partial charge on any atom is 0.324 e. The van der Waals surface area contributed by atoms with Crippen LogP contribution in [0.25, 0.3) is 33.4 Å². The number of piperazine rings is 1. The van der Waals surface area contributed by atoms with Crippen LogP contribution in [-0.4, -0.2) is 164 Å². The maximum atomic E-state index is 15.5. The van der Waals surface area contributed by atoms with Gasteiger partial charge in [-0.05, 0) is 113 Å². The molecule has 3 aromatic heterocycles. The number of anilines is 1. The van der Waals surface area contributed by atoms with Crippen molar-refractivity contribution in [3.05, 3.63) is 52.1 Å². The molecular weight excluding hydrogens is 1010 g/mol. The number of aromatic nitrogens is 3. The molecule has 0 radical (unpaired) electrons. The molecule has 3 saturated carbocycles. The van der Waals surface area contributed by atoms with E-state index in [0.29, 0.717) is 65.4 Å². The Kier molecular flexibility index (Phi) is 14.1. The molecule has 1 spiro atoms. The molecule has 2 amide bonds. The summed E-state index contributed by atoms with van der Waals surface area (Å²) >= 11 is 1.55. The predicted molar refractivity (Wildman–Crippen MR) is 298 cm³/mol. The third-order valence-corrected chi connectivity index (χ3v) is 20.4. The number of carbonyl (C=O) groups excluding carboxylic acids is 3. The van der Waals surface area contributed by atoms with Crippen LogP contribution in [0.1, 0.15) is 127 Å². The summed E-state index contributed by atoms with van der Waals surface area (Å²) in [6.07, 6.45) is 12.4. The summed E-state index contributed by atoms with van der Waals surface area (Å²) in [4.78, 5) is 63.2. The Morgan fingerprint density at radius 1 is 0.936 bits per heavy atom. The fourth-order valence-corrected chi connectivity index (χ4v) is 15.7. The second-order valence-corrected chi connectivity index (χ2v) is 26.9. The number of carbonyl (C=O) groups is 3. The van der Waals surface area contributed by atoms with E-state index in [4.69, 9.17) is 33.7 Å². The van der Waals surface area contributed by atoms with Gasteiger partial charge in [-0.25, -0.2) is 10.4 Å². The Balaban J connectivity index is 0.950. The Morgan fingerprint density at radius 2 is 1.72 bits per heavy atom. The highest BCUT2D eigenvalue weighted by Crippen LogP contribution is 2.61. The Hall–Kier alpha value is -4.53. The number of nitrogens with one attached hydrogen (secondary N) is 2. The van der Waals surface area contributed by atoms with Gasteiger partial charge in [0, 0.05) is 122 Å². The van der Waals surface area contributed by atoms with Crippen LogP contribution in [0.2, 0.25) is 0 Å². The van der Waals surface area contributed by atoms with E-state index in [9.17, 15) is 9.59 Å². The van der Waals surface area contributed by atoms with Crippen molar-refractivity contribution in [3.8, 4) is 22.5 Å². The Bertz CT molecular complexity index is 2900. The van der Waals surface area contributed by atoms with Crippen molar-refractivity contribution in [2.45, 2.75) is 148 Å². The molecule has 2 N–H and O–H groups in total. The number of hydrazine groups is 1. The van der Waals surface area contributed by atoms with Crippen LogP contribution in [0, 0.1) is 21.7 Å². The van der Waals surface area contributed by atoms with Gasteiger partial charge >= 0.3 is 5.97 Å². The van der Waals surface area contributed by atoms with Crippen molar-refractivity contribution in [2.24, 2.45) is 21.7 Å². The summed E-state index contributed by atoms with van der Waals surface area (Å²) in [5.41, 5.74) is 10.5. The molecule has 4 atom stereocenters. The zero-order valence-electron chi connectivity index (χ0n) is 46.6. The Morgan fingerprint density at radius 3 is 2.42 bits per heavy atom. The lowest BCUT2D eigenvalue weighted by atomic mass is 9.76. The van der Waals surface area contributed by atoms with Gasteiger partial charge < -0.3 is 38.5 Å². The first kappa shape index (κ1) is 52.8. The first-order chi connectivity index (χ1) is 37.7. The smallest absolute Gasteiger partial charge is 0.324 e. The van der Waals surface area contributed by atoms with Gasteiger partial charge in [-0.3, -0.25) is 34.2 Å². The number of benzene rings is 1. The van der Waals surface area contributed by atoms with Gasteiger partial charge in [0.2, 0.25) is 5.91 Å². The first-order valence-electron chi connectivity index (χ1n) is 29.4. The van der Waals surface area contributed by atoms with E-state index >= 15 is 4.79 Å². The van der Waals surface area contributed by atoms with E-state index in [1.807, 2.05) is 6.20 Å². The van der Waals surface area contributed by atoms with Crippen LogP contribution in [0.5, 0.6) is 0 Å². The monoisotopic (exact) mass is 1090 g/mol. The third-order valence-electron chi connectivity index (χ3n) is 19.5. The zero-order valence-corrected chi connectivity index (χ0v) is 47.4. The summed E-state index contributed by atoms with van der Waals surface area (Å²) in [7, 11) is 1.75. The quantitative estimate of drug-likeness (QED) is 0.134. The van der Waals surface area contributed by atoms with E-state index in [1.54, 1.807) is 23.5 Å². The van der Waals surface area contributed by atoms with Crippen LogP contribution in [-0.2, 0) is 51.0 Å². The number of hydrogen-bond acceptors (Lipinski definition) is 15. The van der Waals surface area contributed by atoms with Gasteiger partial charge in [0.15, 0.2) is 0 Å². The van der Waals surface area contributed by atoms with Crippen LogP contribution in [0.15, 0.2) is 35.8 Å². The molecule has 78 heavy (non-hydrogen) atoms. The van der Waals surface area contributed by atoms with Crippen molar-refractivity contribution < 1.29 is 38.1 Å². The van der Waals surface area contributed by atoms with Gasteiger partial charge in [-0.2, -0.15) is 0 Å². The minimum absolute atomic E-state index is 0.0241. The van der Waals surface area contributed by atoms with E-state index in [2.05, 4.69) is 87.3 Å². The van der Waals surface area contributed by atoms with Gasteiger partial charge in [-0.1, -0.05) is 26.8 Å². The van der Waals surface area contributed by atoms with Gasteiger partial charge in [0.1, 0.15) is 17.1 Å². The maximum absolute atomic E-state index is 15.5. The van der Waals surface area contributed by atoms with E-state index in [0.717, 1.165) is 146 Å². The third kappa shape index (κ3) is 9.99. The summed E-state index contributed by atoms with van der Waals surface area (Å²) in [6, 6.07) is 7.54. The Labute approximate surface area is 463 Å². The molecule has 9 heterocycles. The molecule has 1 aromatic carbocycles. The normalized spacial score (nSPS) is 30.0. The number of methoxy groups -OCH3 is 1. The second kappa shape index (κ2) is 20.8. The summed E-state index contributed by atoms with van der Waals surface area (Å²) in [5.74, 6) is -0.690. The molecule has 8 bridgehead atoms. The highest BCUT2D eigenvalue weighted by molar-refractivity contribution is 7.10. The topological polar surface area (TPSA) is 165 Å². The minimum atomic E-state index is -0.957. The molecule has 3 aliphatic carbocycles. The van der Waals surface area contributed by atoms with Crippen LogP contribution < -0.4 is 15.6 Å². The first-order valence-corrected chi connectivity index (χ1v) is 30.3. The van der Waals surface area contributed by atoms with Crippen molar-refractivity contribution >= 4 is 45.7 Å². The number of nitrogens with zero attached hydrogens (tertiary/aromatic N) is 7. The number of likely N-dealkylation sites (tertiary alicyclic amines) is 1. The molecule has 18 heteroatoms. The largest absolute Gasteiger partial charge is 0.464 e. The average molecular weight is 1090 g/mol. The molecule has 420 valence electrons. The SMILES string of the molecule is CO[C@@H](C)c1ncc(N2CCN(C3CC3)CC2)cc1-c1c2c3cc(ccc3n1CCOC1CCOCC1)-c1csc(n1)[C@@H](N1CC3(COC3)C1)[C@H](NC(=O)C13CCC(C)(CC1)C3)C(=O)N1CCC[C@H](N1)C(=O)OCC(C)(C)C2. The van der Waals surface area contributed by atoms with Gasteiger partial charge in [0.25, 0.3) is 5.91 Å². The van der Waals surface area contributed by atoms with Crippen molar-refractivity contribution in [3.63, 3.8) is 0 Å². The predicted octanol–water partition coefficient (Wildman–Crippen LogP) is 7.46. The van der Waals surface area contributed by atoms with Crippen molar-refractivity contribution in [1.29, 1.82) is 0 Å². The van der Waals surface area contributed by atoms with Crippen LogP contribution in [0.3, 0.4) is 0 Å². The zero-order chi connectivity index (χ0) is 53.6. The number of thiazole rings is 1. The molecule has 13 rings (SSSR count). The molecular formula is C60H81N9O8S. The lowest BCUT2D eigenvalue weighted by Crippen LogP contribution is -2.70. The number of fused-ring (bicyclic) bond motifs is 8. The number of rotatable bonds is 12. The number of pyridine rings is 1. The van der Waals surface area contributed by atoms with E-state index in [1.165, 1.54) is 12.8 Å². The number of cyclic esters (lactones) is 1. The number of ether oxygens (including phenoxy) is 5. The molecule has 8 fully saturated rings. The minimum Gasteiger partial charge on any atom is -0.464 e. The standard InChI is InChI=1S/C60H81N9O8S/c1-38(73-5)49-44(28-41(30-61-49)66-21-19-65(20-22-66)40-9-10-40)51-45-29-57(2,3)35-77-55(71)46-7-6-18-69(64-46)54(70)50(63-56(72)60-16-14-58(4,32-60)15-17-60)52(67-33-59(34-67)36-75-37-59)53-62-47(31-78-53)39-8-11-48(43(45)27-39)68(51)23-26-76-42-12-24-74-25-13-42/h8,11,27-28,30-31,38,40,42,46,50,52,64H,6-7,9-10,12-26,29,32-37H2,1-5H3,(H,63,72)/t38-,46-,50-,52-,58?,60?/m0/s1. The molecule has 4 aromatic rings. The van der Waals surface area contributed by atoms with Gasteiger partial charge in [-0.15, -0.1) is 11.3 Å². The summed E-state index contributed by atoms with van der Waals surface area (Å²) < 4.78 is 33.2. The summed E-state index contributed by atoms with van der Waals surface area (Å²) in [6.45, 7) is 18.6. The van der Waals surface area contributed by atoms with Crippen molar-refractivity contribution in [2.75, 3.05) is 97.5 Å². The fourth-order valence-electron chi connectivity index (χ4n) is 14.7. The summed E-state index contributed by atoms with van der Waals surface area (Å²) in [5, 5.41) is 9.03. The average Bonchev–Trinajstić information content (AvgIpc) is 4.00. The lowest BCUT2D eigenvalue weighted by molar-refractivity contribution is -0.202. The highest BCUT2D eigenvalue weighted by atomic mass is 32.1. The van der Waals surface area contributed by atoms with Crippen LogP contribution >= 0.6 is 11.3 Å². The van der Waals surface area contributed by atoms with E-state index in [-0.39, 0.29) is 41.5 Å². The second-order valence-electron chi connectivity index (χ2n) is 26.0. The molecule has 6 aliphatic heterocycles. The van der Waals surface area contributed by atoms with Gasteiger partial charge in [0.05, 0.1) is 73.6 Å². The van der Waals surface area contributed by atoms with Crippen molar-refractivity contribution in [1.82, 2.24) is 40.1 Å². The lowest BCUT2D eigenvalue weighted by Gasteiger charge is -2.58. The number of hydrogen-bond donors (Lipinski definition) is 2.